The molecular weight excluding hydrogens is 484 g/mol. The standard InChI is InChI=1S/C24H25ClFN3O4.ClH/c1-2-32-23-14-18(13-22(25)24(23)33-16-17-3-5-19(26)6-4-17)15-27-11-12-28-20-7-9-21(10-8-20)29(30)31;/h3-10,13-14,27-28H,2,11-12,15-16H2,1H3;1H. The predicted molar refractivity (Wildman–Crippen MR) is 134 cm³/mol. The molecule has 3 rings (SSSR count). The Morgan fingerprint density at radius 1 is 1.00 bits per heavy atom. The summed E-state index contributed by atoms with van der Waals surface area (Å²) in [7, 11) is 0. The first-order chi connectivity index (χ1) is 16.0. The van der Waals surface area contributed by atoms with Crippen molar-refractivity contribution in [2.75, 3.05) is 25.0 Å². The molecule has 0 aliphatic rings. The van der Waals surface area contributed by atoms with Crippen molar-refractivity contribution in [2.24, 2.45) is 0 Å². The number of anilines is 1. The molecule has 0 aromatic heterocycles. The lowest BCUT2D eigenvalue weighted by Gasteiger charge is -2.16. The number of hydrogen-bond acceptors (Lipinski definition) is 6. The van der Waals surface area contributed by atoms with E-state index in [-0.39, 0.29) is 30.5 Å². The molecule has 3 aromatic rings. The quantitative estimate of drug-likeness (QED) is 0.177. The Kier molecular flexibility index (Phi) is 10.9. The molecular formula is C24H26Cl2FN3O4. The van der Waals surface area contributed by atoms with E-state index in [1.165, 1.54) is 24.3 Å². The van der Waals surface area contributed by atoms with Crippen molar-refractivity contribution in [2.45, 2.75) is 20.1 Å². The van der Waals surface area contributed by atoms with Crippen molar-refractivity contribution < 1.29 is 18.8 Å². The van der Waals surface area contributed by atoms with E-state index >= 15 is 0 Å². The van der Waals surface area contributed by atoms with E-state index in [1.807, 2.05) is 19.1 Å². The molecule has 0 fully saturated rings. The van der Waals surface area contributed by atoms with Crippen LogP contribution in [0.1, 0.15) is 18.1 Å². The summed E-state index contributed by atoms with van der Waals surface area (Å²) in [6.45, 7) is 4.46. The summed E-state index contributed by atoms with van der Waals surface area (Å²) >= 11 is 6.46. The Bertz CT molecular complexity index is 1070. The number of ether oxygens (including phenoxy) is 2. The van der Waals surface area contributed by atoms with Crippen molar-refractivity contribution in [1.29, 1.82) is 0 Å². The van der Waals surface area contributed by atoms with Crippen LogP contribution in [0.4, 0.5) is 15.8 Å². The lowest BCUT2D eigenvalue weighted by Crippen LogP contribution is -2.21. The molecule has 3 aromatic carbocycles. The third-order valence-electron chi connectivity index (χ3n) is 4.70. The fraction of sp³-hybridized carbons (Fsp3) is 0.250. The fourth-order valence-electron chi connectivity index (χ4n) is 3.09. The smallest absolute Gasteiger partial charge is 0.269 e. The van der Waals surface area contributed by atoms with Crippen LogP contribution in [-0.2, 0) is 13.2 Å². The van der Waals surface area contributed by atoms with E-state index < -0.39 is 4.92 Å². The zero-order chi connectivity index (χ0) is 23.6. The Balaban J connectivity index is 0.00000408. The van der Waals surface area contributed by atoms with Crippen LogP contribution in [0.2, 0.25) is 5.02 Å². The van der Waals surface area contributed by atoms with Crippen LogP contribution in [0.3, 0.4) is 0 Å². The molecule has 10 heteroatoms. The molecule has 0 saturated carbocycles. The van der Waals surface area contributed by atoms with Gasteiger partial charge in [0.15, 0.2) is 11.5 Å². The number of non-ortho nitro benzene ring substituents is 1. The van der Waals surface area contributed by atoms with Crippen molar-refractivity contribution in [3.05, 3.63) is 92.7 Å². The number of nitrogens with one attached hydrogen (secondary N) is 2. The third-order valence-corrected chi connectivity index (χ3v) is 4.98. The minimum atomic E-state index is -0.425. The summed E-state index contributed by atoms with van der Waals surface area (Å²) in [5, 5.41) is 17.7. The molecule has 0 aliphatic carbocycles. The predicted octanol–water partition coefficient (Wildman–Crippen LogP) is 5.99. The highest BCUT2D eigenvalue weighted by molar-refractivity contribution is 6.32. The molecule has 7 nitrogen and oxygen atoms in total. The van der Waals surface area contributed by atoms with Gasteiger partial charge in [-0.15, -0.1) is 12.4 Å². The molecule has 0 aliphatic heterocycles. The van der Waals surface area contributed by atoms with Crippen molar-refractivity contribution >= 4 is 35.4 Å². The minimum absolute atomic E-state index is 0. The van der Waals surface area contributed by atoms with Crippen LogP contribution in [0.15, 0.2) is 60.7 Å². The lowest BCUT2D eigenvalue weighted by atomic mass is 10.2. The summed E-state index contributed by atoms with van der Waals surface area (Å²) in [6.07, 6.45) is 0. The van der Waals surface area contributed by atoms with E-state index in [9.17, 15) is 14.5 Å². The van der Waals surface area contributed by atoms with Gasteiger partial charge in [-0.2, -0.15) is 0 Å². The molecule has 0 heterocycles. The highest BCUT2D eigenvalue weighted by Crippen LogP contribution is 2.37. The number of rotatable bonds is 12. The zero-order valence-electron chi connectivity index (χ0n) is 18.6. The molecule has 0 amide bonds. The number of nitro benzene ring substituents is 1. The van der Waals surface area contributed by atoms with Gasteiger partial charge in [0.05, 0.1) is 16.6 Å². The molecule has 0 spiro atoms. The van der Waals surface area contributed by atoms with Crippen LogP contribution in [-0.4, -0.2) is 24.6 Å². The molecule has 34 heavy (non-hydrogen) atoms. The van der Waals surface area contributed by atoms with Crippen LogP contribution in [0.25, 0.3) is 0 Å². The van der Waals surface area contributed by atoms with Crippen molar-refractivity contribution in [3.8, 4) is 11.5 Å². The van der Waals surface area contributed by atoms with Crippen LogP contribution >= 0.6 is 24.0 Å². The minimum Gasteiger partial charge on any atom is -0.490 e. The largest absolute Gasteiger partial charge is 0.490 e. The Morgan fingerprint density at radius 3 is 2.35 bits per heavy atom. The van der Waals surface area contributed by atoms with E-state index in [4.69, 9.17) is 21.1 Å². The number of benzene rings is 3. The van der Waals surface area contributed by atoms with E-state index in [0.717, 1.165) is 16.8 Å². The molecule has 0 radical (unpaired) electrons. The topological polar surface area (TPSA) is 85.7 Å². The number of nitro groups is 1. The van der Waals surface area contributed by atoms with Gasteiger partial charge in [0.25, 0.3) is 5.69 Å². The first-order valence-electron chi connectivity index (χ1n) is 10.5. The van der Waals surface area contributed by atoms with Crippen molar-refractivity contribution in [3.63, 3.8) is 0 Å². The maximum Gasteiger partial charge on any atom is 0.269 e. The summed E-state index contributed by atoms with van der Waals surface area (Å²) in [5.74, 6) is 0.700. The lowest BCUT2D eigenvalue weighted by molar-refractivity contribution is -0.384. The molecule has 0 atom stereocenters. The van der Waals surface area contributed by atoms with E-state index in [0.29, 0.717) is 42.8 Å². The number of hydrogen-bond donors (Lipinski definition) is 2. The van der Waals surface area contributed by atoms with Gasteiger partial charge in [-0.25, -0.2) is 4.39 Å². The highest BCUT2D eigenvalue weighted by Gasteiger charge is 2.13. The SMILES string of the molecule is CCOc1cc(CNCCNc2ccc([N+](=O)[O-])cc2)cc(Cl)c1OCc1ccc(F)cc1.Cl. The molecule has 2 N–H and O–H groups in total. The molecule has 182 valence electrons. The second-order valence-electron chi connectivity index (χ2n) is 7.16. The zero-order valence-corrected chi connectivity index (χ0v) is 20.1. The Morgan fingerprint density at radius 2 is 1.71 bits per heavy atom. The molecule has 0 saturated heterocycles. The third kappa shape index (κ3) is 8.06. The van der Waals surface area contributed by atoms with Gasteiger partial charge in [-0.3, -0.25) is 10.1 Å². The summed E-state index contributed by atoms with van der Waals surface area (Å²) in [5.41, 5.74) is 2.63. The van der Waals surface area contributed by atoms with E-state index in [2.05, 4.69) is 10.6 Å². The maximum absolute atomic E-state index is 13.1. The number of nitrogens with zero attached hydrogens (tertiary/aromatic N) is 1. The van der Waals surface area contributed by atoms with Gasteiger partial charge in [0, 0.05) is 37.5 Å². The first-order valence-corrected chi connectivity index (χ1v) is 10.9. The van der Waals surface area contributed by atoms with Gasteiger partial charge in [-0.1, -0.05) is 23.7 Å². The van der Waals surface area contributed by atoms with Crippen molar-refractivity contribution in [1.82, 2.24) is 5.32 Å². The first kappa shape index (κ1) is 27.2. The van der Waals surface area contributed by atoms with Gasteiger partial charge in [0.2, 0.25) is 0 Å². The van der Waals surface area contributed by atoms with E-state index in [1.54, 1.807) is 24.3 Å². The summed E-state index contributed by atoms with van der Waals surface area (Å²) in [6, 6.07) is 16.1. The Hall–Kier alpha value is -3.07. The van der Waals surface area contributed by atoms with Gasteiger partial charge in [0.1, 0.15) is 12.4 Å². The maximum atomic E-state index is 13.1. The second-order valence-corrected chi connectivity index (χ2v) is 7.57. The van der Waals surface area contributed by atoms with Gasteiger partial charge >= 0.3 is 0 Å². The summed E-state index contributed by atoms with van der Waals surface area (Å²) < 4.78 is 24.7. The fourth-order valence-corrected chi connectivity index (χ4v) is 3.38. The average molecular weight is 510 g/mol. The monoisotopic (exact) mass is 509 g/mol. The van der Waals surface area contributed by atoms with Crippen LogP contribution in [0.5, 0.6) is 11.5 Å². The average Bonchev–Trinajstić information content (AvgIpc) is 2.80. The Labute approximate surface area is 208 Å². The van der Waals surface area contributed by atoms with Gasteiger partial charge in [-0.05, 0) is 54.4 Å². The highest BCUT2D eigenvalue weighted by atomic mass is 35.5. The van der Waals surface area contributed by atoms with Crippen LogP contribution < -0.4 is 20.1 Å². The summed E-state index contributed by atoms with van der Waals surface area (Å²) in [4.78, 5) is 10.3. The van der Waals surface area contributed by atoms with Crippen LogP contribution in [0, 0.1) is 15.9 Å². The van der Waals surface area contributed by atoms with Gasteiger partial charge < -0.3 is 20.1 Å². The molecule has 0 unspecified atom stereocenters. The number of halogens is 3. The second kappa shape index (κ2) is 13.6. The normalized spacial score (nSPS) is 10.3. The molecule has 0 bridgehead atoms.